The Morgan fingerprint density at radius 2 is 2.18 bits per heavy atom. The Balaban J connectivity index is 1.81. The van der Waals surface area contributed by atoms with Crippen molar-refractivity contribution < 1.29 is 9.32 Å². The van der Waals surface area contributed by atoms with Gasteiger partial charge in [-0.1, -0.05) is 16.8 Å². The number of hydrogen-bond donors (Lipinski definition) is 0. The molecule has 0 aliphatic carbocycles. The second-order valence-electron chi connectivity index (χ2n) is 5.58. The summed E-state index contributed by atoms with van der Waals surface area (Å²) in [5, 5.41) is 4.39. The maximum Gasteiger partial charge on any atom is 0.270 e. The van der Waals surface area contributed by atoms with E-state index in [1.807, 2.05) is 14.1 Å². The molecule has 1 aliphatic heterocycles. The number of carbonyl (C=O) groups excluding carboxylic acids is 1. The first-order chi connectivity index (χ1) is 10.5. The fraction of sp³-hybridized carbons (Fsp3) is 0.500. The van der Waals surface area contributed by atoms with Crippen LogP contribution in [0.1, 0.15) is 28.2 Å². The molecule has 0 unspecified atom stereocenters. The van der Waals surface area contributed by atoms with Gasteiger partial charge in [0.05, 0.1) is 5.02 Å². The second-order valence-corrected chi connectivity index (χ2v) is 6.02. The molecule has 22 heavy (non-hydrogen) atoms. The zero-order valence-corrected chi connectivity index (χ0v) is 13.5. The molecule has 1 saturated heterocycles. The van der Waals surface area contributed by atoms with Crippen molar-refractivity contribution in [3.63, 3.8) is 0 Å². The molecule has 1 atom stereocenters. The number of piperazine rings is 1. The van der Waals surface area contributed by atoms with Crippen LogP contribution in [-0.4, -0.2) is 57.1 Å². The smallest absolute Gasteiger partial charge is 0.270 e. The molecule has 7 nitrogen and oxygen atoms in total. The Morgan fingerprint density at radius 1 is 1.41 bits per heavy atom. The highest BCUT2D eigenvalue weighted by molar-refractivity contribution is 6.31. The van der Waals surface area contributed by atoms with E-state index in [-0.39, 0.29) is 11.9 Å². The zero-order chi connectivity index (χ0) is 15.9. The average Bonchev–Trinajstić information content (AvgIpc) is 3.04. The summed E-state index contributed by atoms with van der Waals surface area (Å²) in [5.41, 5.74) is 0.579. The van der Waals surface area contributed by atoms with Crippen LogP contribution in [-0.2, 0) is 7.05 Å². The van der Waals surface area contributed by atoms with Crippen molar-refractivity contribution in [2.75, 3.05) is 26.7 Å². The Morgan fingerprint density at radius 3 is 2.77 bits per heavy atom. The number of aromatic nitrogens is 3. The van der Waals surface area contributed by atoms with Gasteiger partial charge in [0, 0.05) is 32.9 Å². The molecule has 0 saturated carbocycles. The normalized spacial score (nSPS) is 19.6. The summed E-state index contributed by atoms with van der Waals surface area (Å²) in [7, 11) is 3.80. The number of carbonyl (C=O) groups is 1. The number of amides is 1. The largest absolute Gasteiger partial charge is 0.345 e. The van der Waals surface area contributed by atoms with E-state index in [2.05, 4.69) is 15.0 Å². The first-order valence-corrected chi connectivity index (χ1v) is 7.45. The third kappa shape index (κ3) is 2.74. The van der Waals surface area contributed by atoms with Crippen molar-refractivity contribution in [2.24, 2.45) is 7.05 Å². The fourth-order valence-corrected chi connectivity index (χ4v) is 2.92. The molecule has 3 heterocycles. The van der Waals surface area contributed by atoms with Crippen LogP contribution in [0.4, 0.5) is 0 Å². The van der Waals surface area contributed by atoms with Crippen molar-refractivity contribution in [2.45, 2.75) is 13.0 Å². The molecule has 2 aromatic heterocycles. The van der Waals surface area contributed by atoms with Crippen molar-refractivity contribution in [1.29, 1.82) is 0 Å². The minimum atomic E-state index is -0.0883. The molecule has 8 heteroatoms. The molecule has 0 aromatic carbocycles. The molecular weight excluding hydrogens is 306 g/mol. The molecule has 3 rings (SSSR count). The highest BCUT2D eigenvalue weighted by atomic mass is 35.5. The fourth-order valence-electron chi connectivity index (χ4n) is 2.67. The first kappa shape index (κ1) is 15.1. The molecule has 0 N–H and O–H groups in total. The van der Waals surface area contributed by atoms with E-state index >= 15 is 0 Å². The van der Waals surface area contributed by atoms with Crippen LogP contribution in [0, 0.1) is 6.92 Å². The van der Waals surface area contributed by atoms with Gasteiger partial charge in [0.25, 0.3) is 5.91 Å². The lowest BCUT2D eigenvalue weighted by molar-refractivity contribution is 0.0480. The Bertz CT molecular complexity index is 695. The van der Waals surface area contributed by atoms with Crippen molar-refractivity contribution in [3.05, 3.63) is 34.7 Å². The molecule has 1 aliphatic rings. The number of rotatable bonds is 2. The summed E-state index contributed by atoms with van der Waals surface area (Å²) in [6, 6.07) is 1.60. The maximum atomic E-state index is 12.7. The molecular formula is C14H18ClN5O2. The van der Waals surface area contributed by atoms with E-state index < -0.39 is 0 Å². The van der Waals surface area contributed by atoms with E-state index in [9.17, 15) is 4.79 Å². The number of hydrogen-bond acceptors (Lipinski definition) is 5. The van der Waals surface area contributed by atoms with Crippen LogP contribution in [0.5, 0.6) is 0 Å². The second kappa shape index (κ2) is 5.73. The Labute approximate surface area is 133 Å². The molecule has 0 spiro atoms. The topological polar surface area (TPSA) is 67.4 Å². The summed E-state index contributed by atoms with van der Waals surface area (Å²) >= 11 is 5.97. The number of likely N-dealkylation sites (N-methyl/N-ethyl adjacent to an activating group) is 1. The van der Waals surface area contributed by atoms with Gasteiger partial charge in [-0.05, 0) is 20.0 Å². The van der Waals surface area contributed by atoms with Crippen LogP contribution in [0.15, 0.2) is 16.8 Å². The van der Waals surface area contributed by atoms with Gasteiger partial charge in [0.1, 0.15) is 11.7 Å². The summed E-state index contributed by atoms with van der Waals surface area (Å²) in [6.07, 6.45) is 1.73. The molecule has 2 aromatic rings. The van der Waals surface area contributed by atoms with E-state index in [1.165, 1.54) is 0 Å². The third-order valence-corrected chi connectivity index (χ3v) is 4.16. The van der Waals surface area contributed by atoms with Gasteiger partial charge in [0.2, 0.25) is 5.89 Å². The molecule has 0 radical (unpaired) electrons. The minimum absolute atomic E-state index is 0.0382. The van der Waals surface area contributed by atoms with E-state index in [0.717, 1.165) is 6.54 Å². The lowest BCUT2D eigenvalue weighted by Gasteiger charge is -2.37. The summed E-state index contributed by atoms with van der Waals surface area (Å²) in [5.74, 6) is 1.10. The van der Waals surface area contributed by atoms with Crippen molar-refractivity contribution in [3.8, 4) is 0 Å². The summed E-state index contributed by atoms with van der Waals surface area (Å²) < 4.78 is 7.01. The number of halogens is 1. The third-order valence-electron chi connectivity index (χ3n) is 3.95. The van der Waals surface area contributed by atoms with E-state index in [1.54, 1.807) is 28.7 Å². The highest BCUT2D eigenvalue weighted by Crippen LogP contribution is 2.24. The summed E-state index contributed by atoms with van der Waals surface area (Å²) in [6.45, 7) is 3.70. The Hall–Kier alpha value is -1.86. The lowest BCUT2D eigenvalue weighted by Crippen LogP contribution is -2.49. The first-order valence-electron chi connectivity index (χ1n) is 7.07. The highest BCUT2D eigenvalue weighted by Gasteiger charge is 2.33. The molecule has 0 bridgehead atoms. The lowest BCUT2D eigenvalue weighted by atomic mass is 10.1. The van der Waals surface area contributed by atoms with Gasteiger partial charge in [-0.2, -0.15) is 4.98 Å². The predicted octanol–water partition coefficient (Wildman–Crippen LogP) is 1.50. The quantitative estimate of drug-likeness (QED) is 0.838. The van der Waals surface area contributed by atoms with Crippen LogP contribution in [0.3, 0.4) is 0 Å². The summed E-state index contributed by atoms with van der Waals surface area (Å²) in [4.78, 5) is 20.9. The molecule has 1 fully saturated rings. The predicted molar refractivity (Wildman–Crippen MR) is 80.7 cm³/mol. The van der Waals surface area contributed by atoms with Crippen molar-refractivity contribution >= 4 is 17.5 Å². The van der Waals surface area contributed by atoms with Gasteiger partial charge in [-0.3, -0.25) is 9.69 Å². The van der Waals surface area contributed by atoms with Crippen molar-refractivity contribution in [1.82, 2.24) is 24.5 Å². The standard InChI is InChI=1S/C14H18ClN5O2/c1-9-16-13(22-17-9)12-8-20(5-4-18(12)2)14(21)11-6-10(15)7-19(11)3/h6-7,12H,4-5,8H2,1-3H3/t12-/m0/s1. The average molecular weight is 324 g/mol. The van der Waals surface area contributed by atoms with Crippen LogP contribution >= 0.6 is 11.6 Å². The van der Waals surface area contributed by atoms with Crippen LogP contribution in [0.25, 0.3) is 0 Å². The SMILES string of the molecule is Cc1noc([C@@H]2CN(C(=O)c3cc(Cl)cn3C)CCN2C)n1. The number of aryl methyl sites for hydroxylation is 2. The maximum absolute atomic E-state index is 12.7. The van der Waals surface area contributed by atoms with E-state index in [4.69, 9.17) is 16.1 Å². The number of nitrogens with zero attached hydrogens (tertiary/aromatic N) is 5. The molecule has 118 valence electrons. The Kier molecular flexibility index (Phi) is 3.92. The zero-order valence-electron chi connectivity index (χ0n) is 12.8. The molecule has 1 amide bonds. The van der Waals surface area contributed by atoms with Gasteiger partial charge < -0.3 is 14.0 Å². The van der Waals surface area contributed by atoms with Gasteiger partial charge >= 0.3 is 0 Å². The van der Waals surface area contributed by atoms with Gasteiger partial charge in [-0.25, -0.2) is 0 Å². The van der Waals surface area contributed by atoms with Crippen LogP contribution < -0.4 is 0 Å². The minimum Gasteiger partial charge on any atom is -0.345 e. The monoisotopic (exact) mass is 323 g/mol. The van der Waals surface area contributed by atoms with Gasteiger partial charge in [0.15, 0.2) is 5.82 Å². The van der Waals surface area contributed by atoms with Gasteiger partial charge in [-0.15, -0.1) is 0 Å². The van der Waals surface area contributed by atoms with E-state index in [0.29, 0.717) is 35.5 Å². The van der Waals surface area contributed by atoms with Crippen LogP contribution in [0.2, 0.25) is 5.02 Å².